The summed E-state index contributed by atoms with van der Waals surface area (Å²) in [5, 5.41) is 3.66. The predicted octanol–water partition coefficient (Wildman–Crippen LogP) is 4.87. The highest BCUT2D eigenvalue weighted by Crippen LogP contribution is 2.28. The van der Waals surface area contributed by atoms with Gasteiger partial charge in [-0.05, 0) is 49.7 Å². The molecule has 0 bridgehead atoms. The molecular weight excluding hydrogens is 319 g/mol. The molecule has 25 heavy (non-hydrogen) atoms. The third-order valence-corrected chi connectivity index (χ3v) is 3.76. The van der Waals surface area contributed by atoms with Gasteiger partial charge in [0.05, 0.1) is 12.8 Å². The van der Waals surface area contributed by atoms with Crippen LogP contribution in [0.1, 0.15) is 11.1 Å². The number of aryl methyl sites for hydroxylation is 2. The van der Waals surface area contributed by atoms with E-state index in [9.17, 15) is 4.48 Å². The number of nitrogens with one attached hydrogen (secondary N) is 1. The van der Waals surface area contributed by atoms with Crippen molar-refractivity contribution in [3.63, 3.8) is 0 Å². The summed E-state index contributed by atoms with van der Waals surface area (Å²) < 4.78 is 20.0. The number of methoxy groups -OCH3 is 1. The van der Waals surface area contributed by atoms with Crippen molar-refractivity contribution >= 4 is 23.1 Å². The fourth-order valence-corrected chi connectivity index (χ4v) is 2.46. The van der Waals surface area contributed by atoms with Crippen molar-refractivity contribution in [1.29, 1.82) is 0 Å². The van der Waals surface area contributed by atoms with E-state index in [-0.39, 0.29) is 5.82 Å². The Balaban J connectivity index is 1.88. The zero-order valence-electron chi connectivity index (χ0n) is 14.3. The first-order valence-electron chi connectivity index (χ1n) is 7.85. The van der Waals surface area contributed by atoms with Gasteiger partial charge in [-0.1, -0.05) is 22.7 Å². The molecule has 1 N–H and O–H groups in total. The van der Waals surface area contributed by atoms with Crippen LogP contribution in [-0.4, -0.2) is 17.1 Å². The third kappa shape index (κ3) is 3.68. The summed E-state index contributed by atoms with van der Waals surface area (Å²) in [5.74, 6) is 1.33. The number of para-hydroxylation sites is 1. The Labute approximate surface area is 146 Å². The van der Waals surface area contributed by atoms with Gasteiger partial charge in [-0.3, -0.25) is 0 Å². The van der Waals surface area contributed by atoms with Crippen molar-refractivity contribution in [2.24, 2.45) is 0 Å². The lowest BCUT2D eigenvalue weighted by atomic mass is 10.2. The molecule has 0 aliphatic rings. The van der Waals surface area contributed by atoms with Gasteiger partial charge in [-0.25, -0.2) is 4.98 Å². The fourth-order valence-electron chi connectivity index (χ4n) is 2.46. The Hall–Kier alpha value is -3.15. The quantitative estimate of drug-likeness (QED) is 0.673. The van der Waals surface area contributed by atoms with Crippen molar-refractivity contribution in [2.75, 3.05) is 17.5 Å². The highest BCUT2D eigenvalue weighted by molar-refractivity contribution is 5.63. The second kappa shape index (κ2) is 7.17. The van der Waals surface area contributed by atoms with E-state index in [2.05, 4.69) is 15.3 Å². The number of nitrogens with zero attached hydrogens (tertiary/aromatic N) is 3. The van der Waals surface area contributed by atoms with Crippen LogP contribution < -0.4 is 15.2 Å². The number of anilines is 4. The highest BCUT2D eigenvalue weighted by atomic mass is 19.2. The van der Waals surface area contributed by atoms with Gasteiger partial charge in [0.15, 0.2) is 5.82 Å². The number of benzene rings is 2. The van der Waals surface area contributed by atoms with Crippen LogP contribution in [-0.2, 0) is 0 Å². The minimum Gasteiger partial charge on any atom is -0.496 e. The molecular formula is C19H19FN4O. The lowest BCUT2D eigenvalue weighted by Gasteiger charge is -2.16. The van der Waals surface area contributed by atoms with Gasteiger partial charge < -0.3 is 10.1 Å². The van der Waals surface area contributed by atoms with E-state index in [1.54, 1.807) is 44.5 Å². The largest absolute Gasteiger partial charge is 0.496 e. The molecule has 128 valence electrons. The van der Waals surface area contributed by atoms with Crippen LogP contribution in [0, 0.1) is 13.8 Å². The minimum absolute atomic E-state index is 0.203. The molecule has 1 heterocycles. The topological polar surface area (TPSA) is 50.3 Å². The molecule has 0 saturated carbocycles. The molecule has 0 spiro atoms. The maximum absolute atomic E-state index is 14.7. The van der Waals surface area contributed by atoms with Crippen molar-refractivity contribution in [1.82, 2.24) is 9.97 Å². The molecule has 3 rings (SSSR count). The van der Waals surface area contributed by atoms with Crippen LogP contribution in [0.5, 0.6) is 5.75 Å². The number of halogens is 1. The van der Waals surface area contributed by atoms with Gasteiger partial charge in [-0.2, -0.15) is 10.1 Å². The van der Waals surface area contributed by atoms with E-state index < -0.39 is 0 Å². The number of ether oxygens (including phenoxy) is 1. The number of rotatable bonds is 5. The van der Waals surface area contributed by atoms with Crippen LogP contribution in [0.15, 0.2) is 54.7 Å². The molecule has 2 aromatic carbocycles. The molecule has 0 atom stereocenters. The zero-order chi connectivity index (χ0) is 17.8. The van der Waals surface area contributed by atoms with E-state index in [1.807, 2.05) is 31.2 Å². The zero-order valence-corrected chi connectivity index (χ0v) is 14.3. The Morgan fingerprint density at radius 1 is 1.04 bits per heavy atom. The lowest BCUT2D eigenvalue weighted by molar-refractivity contribution is 0.412. The second-order valence-corrected chi connectivity index (χ2v) is 5.63. The highest BCUT2D eigenvalue weighted by Gasteiger charge is 2.14. The number of hydrogen-bond donors (Lipinski definition) is 1. The maximum atomic E-state index is 14.7. The van der Waals surface area contributed by atoms with Gasteiger partial charge in [0.1, 0.15) is 5.75 Å². The Kier molecular flexibility index (Phi) is 4.79. The van der Waals surface area contributed by atoms with Crippen LogP contribution in [0.3, 0.4) is 0 Å². The van der Waals surface area contributed by atoms with E-state index in [1.165, 1.54) is 0 Å². The summed E-state index contributed by atoms with van der Waals surface area (Å²) >= 11 is 0. The van der Waals surface area contributed by atoms with Crippen molar-refractivity contribution in [3.05, 3.63) is 65.9 Å². The van der Waals surface area contributed by atoms with Gasteiger partial charge in [-0.15, -0.1) is 0 Å². The van der Waals surface area contributed by atoms with Gasteiger partial charge in [0.25, 0.3) is 0 Å². The minimum atomic E-state index is 0.203. The van der Waals surface area contributed by atoms with Gasteiger partial charge >= 0.3 is 0 Å². The van der Waals surface area contributed by atoms with Crippen LogP contribution in [0.2, 0.25) is 0 Å². The molecule has 0 saturated heterocycles. The normalized spacial score (nSPS) is 10.4. The molecule has 0 aliphatic heterocycles. The van der Waals surface area contributed by atoms with E-state index in [4.69, 9.17) is 4.74 Å². The monoisotopic (exact) mass is 338 g/mol. The Morgan fingerprint density at radius 3 is 2.48 bits per heavy atom. The van der Waals surface area contributed by atoms with Crippen molar-refractivity contribution in [3.8, 4) is 5.75 Å². The maximum Gasteiger partial charge on any atom is 0.229 e. The van der Waals surface area contributed by atoms with Gasteiger partial charge in [0, 0.05) is 17.4 Å². The SMILES string of the molecule is COc1ccc(Nc2ncc(C)c(N(F)c3ccccc3)n2)cc1C. The Bertz CT molecular complexity index is 871. The van der Waals surface area contributed by atoms with Crippen LogP contribution in [0.4, 0.5) is 27.6 Å². The smallest absolute Gasteiger partial charge is 0.229 e. The molecule has 0 radical (unpaired) electrons. The van der Waals surface area contributed by atoms with Crippen molar-refractivity contribution < 1.29 is 9.22 Å². The fraction of sp³-hybridized carbons (Fsp3) is 0.158. The molecule has 0 amide bonds. The summed E-state index contributed by atoms with van der Waals surface area (Å²) in [6.45, 7) is 3.72. The molecule has 1 aromatic heterocycles. The standard InChI is InChI=1S/C19H19FN4O/c1-13-11-15(9-10-17(13)25-3)22-19-21-12-14(2)18(23-19)24(20)16-7-5-4-6-8-16/h4-12H,1-3H3,(H,21,22,23). The lowest BCUT2D eigenvalue weighted by Crippen LogP contribution is -2.10. The van der Waals surface area contributed by atoms with Crippen molar-refractivity contribution in [2.45, 2.75) is 13.8 Å². The predicted molar refractivity (Wildman–Crippen MR) is 97.5 cm³/mol. The number of hydrogen-bond acceptors (Lipinski definition) is 5. The van der Waals surface area contributed by atoms with Crippen LogP contribution in [0.25, 0.3) is 0 Å². The molecule has 6 heteroatoms. The molecule has 0 aliphatic carbocycles. The molecule has 5 nitrogen and oxygen atoms in total. The third-order valence-electron chi connectivity index (χ3n) is 3.76. The summed E-state index contributed by atoms with van der Waals surface area (Å²) in [6, 6.07) is 14.4. The first kappa shape index (κ1) is 16.7. The summed E-state index contributed by atoms with van der Waals surface area (Å²) in [4.78, 5) is 8.55. The van der Waals surface area contributed by atoms with E-state index in [0.29, 0.717) is 22.3 Å². The second-order valence-electron chi connectivity index (χ2n) is 5.63. The first-order valence-corrected chi connectivity index (χ1v) is 7.85. The molecule has 3 aromatic rings. The Morgan fingerprint density at radius 2 is 1.80 bits per heavy atom. The van der Waals surface area contributed by atoms with E-state index >= 15 is 0 Å². The van der Waals surface area contributed by atoms with E-state index in [0.717, 1.165) is 17.0 Å². The average Bonchev–Trinajstić information content (AvgIpc) is 2.63. The molecule has 0 unspecified atom stereocenters. The summed E-state index contributed by atoms with van der Waals surface area (Å²) in [5.41, 5.74) is 2.84. The van der Waals surface area contributed by atoms with Gasteiger partial charge in [0.2, 0.25) is 5.95 Å². The number of aromatic nitrogens is 2. The summed E-state index contributed by atoms with van der Waals surface area (Å²) in [7, 11) is 1.63. The summed E-state index contributed by atoms with van der Waals surface area (Å²) in [6.07, 6.45) is 1.59. The average molecular weight is 338 g/mol. The first-order chi connectivity index (χ1) is 12.1. The van der Waals surface area contributed by atoms with Crippen LogP contribution >= 0.6 is 0 Å². The molecule has 0 fully saturated rings.